The first-order valence-electron chi connectivity index (χ1n) is 9.32. The van der Waals surface area contributed by atoms with Crippen LogP contribution >= 0.6 is 11.3 Å². The largest absolute Gasteiger partial charge is 0.302 e. The maximum absolute atomic E-state index is 12.7. The van der Waals surface area contributed by atoms with Gasteiger partial charge in [-0.1, -0.05) is 24.3 Å². The van der Waals surface area contributed by atoms with E-state index in [0.29, 0.717) is 18.1 Å². The Balaban J connectivity index is 1.66. The SMILES string of the molecule is CCC(=O)Nc1nc(C)c(-c2ccc3c(c2)CCCN3S(=O)(=O)C2CC2)s1. The third kappa shape index (κ3) is 3.48. The van der Waals surface area contributed by atoms with Crippen LogP contribution < -0.4 is 9.62 Å². The first kappa shape index (κ1) is 18.4. The number of amides is 1. The average molecular weight is 406 g/mol. The van der Waals surface area contributed by atoms with Crippen LogP contribution in [0.3, 0.4) is 0 Å². The van der Waals surface area contributed by atoms with E-state index >= 15 is 0 Å². The Bertz CT molecular complexity index is 994. The summed E-state index contributed by atoms with van der Waals surface area (Å²) < 4.78 is 27.1. The molecule has 1 aliphatic heterocycles. The summed E-state index contributed by atoms with van der Waals surface area (Å²) in [5.74, 6) is -0.0540. The highest BCUT2D eigenvalue weighted by Gasteiger charge is 2.41. The molecule has 4 rings (SSSR count). The molecule has 1 saturated carbocycles. The van der Waals surface area contributed by atoms with Crippen molar-refractivity contribution < 1.29 is 13.2 Å². The third-order valence-corrected chi connectivity index (χ3v) is 8.46. The molecule has 0 unspecified atom stereocenters. The molecule has 1 N–H and O–H groups in total. The summed E-state index contributed by atoms with van der Waals surface area (Å²) in [7, 11) is -3.22. The van der Waals surface area contributed by atoms with Gasteiger partial charge in [0.15, 0.2) is 5.13 Å². The lowest BCUT2D eigenvalue weighted by molar-refractivity contribution is -0.115. The Labute approximate surface area is 163 Å². The summed E-state index contributed by atoms with van der Waals surface area (Å²) in [4.78, 5) is 17.1. The summed E-state index contributed by atoms with van der Waals surface area (Å²) >= 11 is 1.45. The van der Waals surface area contributed by atoms with E-state index in [1.807, 2.05) is 26.0 Å². The van der Waals surface area contributed by atoms with Crippen LogP contribution in [-0.2, 0) is 21.2 Å². The van der Waals surface area contributed by atoms with Crippen molar-refractivity contribution in [1.29, 1.82) is 0 Å². The van der Waals surface area contributed by atoms with Crippen molar-refractivity contribution in [3.05, 3.63) is 29.5 Å². The number of carbonyl (C=O) groups excluding carboxylic acids is 1. The quantitative estimate of drug-likeness (QED) is 0.822. The number of carbonyl (C=O) groups is 1. The third-order valence-electron chi connectivity index (χ3n) is 5.03. The van der Waals surface area contributed by atoms with Crippen molar-refractivity contribution >= 4 is 38.1 Å². The molecule has 6 nitrogen and oxygen atoms in total. The number of fused-ring (bicyclic) bond motifs is 1. The zero-order valence-corrected chi connectivity index (χ0v) is 17.1. The molecule has 0 radical (unpaired) electrons. The van der Waals surface area contributed by atoms with E-state index in [2.05, 4.69) is 16.4 Å². The predicted molar refractivity (Wildman–Crippen MR) is 109 cm³/mol. The molecule has 1 amide bonds. The molecule has 27 heavy (non-hydrogen) atoms. The highest BCUT2D eigenvalue weighted by Crippen LogP contribution is 2.40. The smallest absolute Gasteiger partial charge is 0.238 e. The fraction of sp³-hybridized carbons (Fsp3) is 0.474. The fourth-order valence-corrected chi connectivity index (χ4v) is 6.35. The average Bonchev–Trinajstić information content (AvgIpc) is 3.45. The Kier molecular flexibility index (Phi) is 4.71. The highest BCUT2D eigenvalue weighted by molar-refractivity contribution is 7.93. The molecule has 0 saturated heterocycles. The lowest BCUT2D eigenvalue weighted by Crippen LogP contribution is -2.37. The van der Waals surface area contributed by atoms with Crippen molar-refractivity contribution in [1.82, 2.24) is 4.98 Å². The maximum Gasteiger partial charge on any atom is 0.238 e. The number of hydrogen-bond acceptors (Lipinski definition) is 5. The van der Waals surface area contributed by atoms with Crippen molar-refractivity contribution in [3.8, 4) is 10.4 Å². The van der Waals surface area contributed by atoms with E-state index in [1.165, 1.54) is 11.3 Å². The zero-order valence-electron chi connectivity index (χ0n) is 15.5. The fourth-order valence-electron chi connectivity index (χ4n) is 3.44. The molecule has 2 aromatic rings. The monoisotopic (exact) mass is 405 g/mol. The lowest BCUT2D eigenvalue weighted by Gasteiger charge is -2.31. The molecule has 2 heterocycles. The van der Waals surface area contributed by atoms with Gasteiger partial charge in [0.2, 0.25) is 15.9 Å². The summed E-state index contributed by atoms with van der Waals surface area (Å²) in [6.45, 7) is 4.30. The number of benzene rings is 1. The van der Waals surface area contributed by atoms with E-state index in [0.717, 1.165) is 53.1 Å². The van der Waals surface area contributed by atoms with Crippen molar-refractivity contribution in [3.63, 3.8) is 0 Å². The normalized spacial score (nSPS) is 16.9. The molecular formula is C19H23N3O3S2. The van der Waals surface area contributed by atoms with Crippen molar-refractivity contribution in [2.24, 2.45) is 0 Å². The summed E-state index contributed by atoms with van der Waals surface area (Å²) in [5.41, 5.74) is 3.77. The number of sulfonamides is 1. The van der Waals surface area contributed by atoms with Gasteiger partial charge in [0.25, 0.3) is 0 Å². The van der Waals surface area contributed by atoms with E-state index in [-0.39, 0.29) is 11.2 Å². The molecule has 144 valence electrons. The van der Waals surface area contributed by atoms with Gasteiger partial charge in [0.05, 0.1) is 21.5 Å². The number of thiazole rings is 1. The van der Waals surface area contributed by atoms with Crippen LogP contribution in [0.2, 0.25) is 0 Å². The van der Waals surface area contributed by atoms with Gasteiger partial charge < -0.3 is 5.32 Å². The minimum Gasteiger partial charge on any atom is -0.302 e. The summed E-state index contributed by atoms with van der Waals surface area (Å²) in [5, 5.41) is 3.22. The van der Waals surface area contributed by atoms with Gasteiger partial charge in [-0.15, -0.1) is 0 Å². The molecular weight excluding hydrogens is 382 g/mol. The van der Waals surface area contributed by atoms with E-state index in [4.69, 9.17) is 0 Å². The summed E-state index contributed by atoms with van der Waals surface area (Å²) in [6.07, 6.45) is 3.67. The first-order valence-corrected chi connectivity index (χ1v) is 11.6. The Morgan fingerprint density at radius 2 is 2.15 bits per heavy atom. The molecule has 0 bridgehead atoms. The number of aromatic nitrogens is 1. The molecule has 0 spiro atoms. The number of hydrogen-bond donors (Lipinski definition) is 1. The Morgan fingerprint density at radius 1 is 1.37 bits per heavy atom. The maximum atomic E-state index is 12.7. The highest BCUT2D eigenvalue weighted by atomic mass is 32.2. The van der Waals surface area contributed by atoms with Crippen LogP contribution in [0.1, 0.15) is 43.9 Å². The Morgan fingerprint density at radius 3 is 2.85 bits per heavy atom. The van der Waals surface area contributed by atoms with Gasteiger partial charge in [0, 0.05) is 13.0 Å². The summed E-state index contributed by atoms with van der Waals surface area (Å²) in [6, 6.07) is 5.97. The van der Waals surface area contributed by atoms with E-state index in [1.54, 1.807) is 4.31 Å². The topological polar surface area (TPSA) is 79.4 Å². The zero-order chi connectivity index (χ0) is 19.2. The molecule has 1 aromatic heterocycles. The van der Waals surface area contributed by atoms with Crippen molar-refractivity contribution in [2.45, 2.75) is 51.2 Å². The second-order valence-electron chi connectivity index (χ2n) is 7.10. The van der Waals surface area contributed by atoms with Crippen LogP contribution in [0, 0.1) is 6.92 Å². The van der Waals surface area contributed by atoms with Crippen LogP contribution in [-0.4, -0.2) is 31.1 Å². The van der Waals surface area contributed by atoms with Crippen LogP contribution in [0.15, 0.2) is 18.2 Å². The molecule has 2 aliphatic rings. The molecule has 1 fully saturated rings. The van der Waals surface area contributed by atoms with Gasteiger partial charge >= 0.3 is 0 Å². The van der Waals surface area contributed by atoms with E-state index < -0.39 is 10.0 Å². The van der Waals surface area contributed by atoms with Gasteiger partial charge in [-0.3, -0.25) is 9.10 Å². The molecule has 1 aromatic carbocycles. The number of rotatable bonds is 5. The number of nitrogens with one attached hydrogen (secondary N) is 1. The van der Waals surface area contributed by atoms with Gasteiger partial charge in [-0.2, -0.15) is 0 Å². The minimum absolute atomic E-state index is 0.0540. The van der Waals surface area contributed by atoms with Crippen LogP contribution in [0.4, 0.5) is 10.8 Å². The second-order valence-corrected chi connectivity index (χ2v) is 10.2. The molecule has 1 aliphatic carbocycles. The van der Waals surface area contributed by atoms with Gasteiger partial charge in [-0.05, 0) is 55.9 Å². The van der Waals surface area contributed by atoms with Crippen LogP contribution in [0.25, 0.3) is 10.4 Å². The van der Waals surface area contributed by atoms with E-state index in [9.17, 15) is 13.2 Å². The second kappa shape index (κ2) is 6.91. The molecule has 0 atom stereocenters. The van der Waals surface area contributed by atoms with Gasteiger partial charge in [-0.25, -0.2) is 13.4 Å². The number of aryl methyl sites for hydroxylation is 2. The van der Waals surface area contributed by atoms with Gasteiger partial charge in [0.1, 0.15) is 0 Å². The van der Waals surface area contributed by atoms with Crippen LogP contribution in [0.5, 0.6) is 0 Å². The Hall–Kier alpha value is -1.93. The lowest BCUT2D eigenvalue weighted by atomic mass is 10.00. The minimum atomic E-state index is -3.22. The number of anilines is 2. The number of nitrogens with zero attached hydrogens (tertiary/aromatic N) is 2. The molecule has 8 heteroatoms. The van der Waals surface area contributed by atoms with Crippen molar-refractivity contribution in [2.75, 3.05) is 16.2 Å². The predicted octanol–water partition coefficient (Wildman–Crippen LogP) is 3.71. The first-order chi connectivity index (χ1) is 12.9. The standard InChI is InChI=1S/C19H23N3O3S2/c1-3-17(23)21-19-20-12(2)18(26-19)14-6-9-16-13(11-14)5-4-10-22(16)27(24,25)15-7-8-15/h6,9,11,15H,3-5,7-8,10H2,1-2H3,(H,20,21,23).